The van der Waals surface area contributed by atoms with Gasteiger partial charge in [-0.25, -0.2) is 0 Å². The first kappa shape index (κ1) is 14.1. The highest BCUT2D eigenvalue weighted by Gasteiger charge is 2.35. The van der Waals surface area contributed by atoms with E-state index in [2.05, 4.69) is 10.6 Å². The van der Waals surface area contributed by atoms with Gasteiger partial charge in [0.2, 0.25) is 5.91 Å². The molecule has 1 aliphatic heterocycles. The number of aryl methyl sites for hydroxylation is 2. The van der Waals surface area contributed by atoms with E-state index in [4.69, 9.17) is 4.42 Å². The van der Waals surface area contributed by atoms with Crippen molar-refractivity contribution < 1.29 is 9.21 Å². The molecule has 2 heterocycles. The van der Waals surface area contributed by atoms with Crippen LogP contribution in [-0.2, 0) is 4.79 Å². The summed E-state index contributed by atoms with van der Waals surface area (Å²) in [6, 6.07) is 1.99. The van der Waals surface area contributed by atoms with E-state index in [9.17, 15) is 4.79 Å². The molecule has 106 valence electrons. The van der Waals surface area contributed by atoms with Crippen molar-refractivity contribution in [2.45, 2.75) is 46.6 Å². The maximum atomic E-state index is 12.4. The summed E-state index contributed by atoms with van der Waals surface area (Å²) >= 11 is 0. The van der Waals surface area contributed by atoms with E-state index in [0.717, 1.165) is 43.0 Å². The summed E-state index contributed by atoms with van der Waals surface area (Å²) in [4.78, 5) is 12.4. The third kappa shape index (κ3) is 3.00. The van der Waals surface area contributed by atoms with Crippen LogP contribution < -0.4 is 10.6 Å². The zero-order chi connectivity index (χ0) is 14.0. The summed E-state index contributed by atoms with van der Waals surface area (Å²) in [6.45, 7) is 9.68. The highest BCUT2D eigenvalue weighted by Crippen LogP contribution is 2.28. The second-order valence-corrected chi connectivity index (χ2v) is 5.90. The summed E-state index contributed by atoms with van der Waals surface area (Å²) in [5.74, 6) is 1.90. The van der Waals surface area contributed by atoms with E-state index in [-0.39, 0.29) is 17.4 Å². The average molecular weight is 264 g/mol. The number of hydrogen-bond donors (Lipinski definition) is 2. The molecule has 2 N–H and O–H groups in total. The third-order valence-electron chi connectivity index (χ3n) is 4.04. The standard InChI is InChI=1S/C15H24N2O2/c1-10-8-13(12(3)19-10)11(2)17-14(18)15(4)6-5-7-16-9-15/h8,11,16H,5-7,9H2,1-4H3,(H,17,18). The minimum atomic E-state index is -0.292. The number of rotatable bonds is 3. The second-order valence-electron chi connectivity index (χ2n) is 5.90. The molecule has 0 bridgehead atoms. The molecule has 1 amide bonds. The van der Waals surface area contributed by atoms with Gasteiger partial charge in [-0.1, -0.05) is 0 Å². The molecule has 1 aliphatic rings. The highest BCUT2D eigenvalue weighted by atomic mass is 16.3. The van der Waals surface area contributed by atoms with Crippen LogP contribution in [0.5, 0.6) is 0 Å². The van der Waals surface area contributed by atoms with Crippen molar-refractivity contribution in [3.63, 3.8) is 0 Å². The van der Waals surface area contributed by atoms with Gasteiger partial charge in [-0.05, 0) is 53.1 Å². The Morgan fingerprint density at radius 1 is 1.53 bits per heavy atom. The zero-order valence-electron chi connectivity index (χ0n) is 12.3. The van der Waals surface area contributed by atoms with Gasteiger partial charge in [0.15, 0.2) is 0 Å². The van der Waals surface area contributed by atoms with Gasteiger partial charge in [0, 0.05) is 12.1 Å². The number of carbonyl (C=O) groups excluding carboxylic acids is 1. The largest absolute Gasteiger partial charge is 0.466 e. The topological polar surface area (TPSA) is 54.3 Å². The molecule has 0 spiro atoms. The lowest BCUT2D eigenvalue weighted by Gasteiger charge is -2.33. The molecule has 0 radical (unpaired) electrons. The molecule has 2 atom stereocenters. The molecular weight excluding hydrogens is 240 g/mol. The Bertz CT molecular complexity index is 459. The van der Waals surface area contributed by atoms with Crippen LogP contribution >= 0.6 is 0 Å². The molecule has 19 heavy (non-hydrogen) atoms. The predicted molar refractivity (Wildman–Crippen MR) is 75.0 cm³/mol. The molecule has 2 rings (SSSR count). The number of hydrogen-bond acceptors (Lipinski definition) is 3. The normalized spacial score (nSPS) is 25.1. The Labute approximate surface area is 114 Å². The van der Waals surface area contributed by atoms with Gasteiger partial charge in [-0.2, -0.15) is 0 Å². The van der Waals surface area contributed by atoms with Crippen LogP contribution in [0.15, 0.2) is 10.5 Å². The number of carbonyl (C=O) groups is 1. The molecule has 0 aromatic carbocycles. The van der Waals surface area contributed by atoms with Gasteiger partial charge in [-0.15, -0.1) is 0 Å². The SMILES string of the molecule is Cc1cc(C(C)NC(=O)C2(C)CCCNC2)c(C)o1. The average Bonchev–Trinajstić information content (AvgIpc) is 2.69. The molecule has 4 heteroatoms. The van der Waals surface area contributed by atoms with Crippen molar-refractivity contribution in [1.82, 2.24) is 10.6 Å². The van der Waals surface area contributed by atoms with Crippen molar-refractivity contribution in [3.8, 4) is 0 Å². The van der Waals surface area contributed by atoms with Gasteiger partial charge in [0.1, 0.15) is 11.5 Å². The molecule has 1 saturated heterocycles. The quantitative estimate of drug-likeness (QED) is 0.881. The molecule has 4 nitrogen and oxygen atoms in total. The van der Waals surface area contributed by atoms with Gasteiger partial charge in [-0.3, -0.25) is 4.79 Å². The molecule has 1 aromatic heterocycles. The number of amides is 1. The van der Waals surface area contributed by atoms with E-state index in [1.165, 1.54) is 0 Å². The Kier molecular flexibility index (Phi) is 3.99. The first-order chi connectivity index (χ1) is 8.92. The molecular formula is C15H24N2O2. The maximum absolute atomic E-state index is 12.4. The van der Waals surface area contributed by atoms with Gasteiger partial charge < -0.3 is 15.1 Å². The second kappa shape index (κ2) is 5.37. The first-order valence-corrected chi connectivity index (χ1v) is 7.01. The summed E-state index contributed by atoms with van der Waals surface area (Å²) in [5.41, 5.74) is 0.775. The van der Waals surface area contributed by atoms with Crippen LogP contribution in [0.25, 0.3) is 0 Å². The molecule has 1 fully saturated rings. The summed E-state index contributed by atoms with van der Waals surface area (Å²) in [6.07, 6.45) is 2.00. The molecule has 0 saturated carbocycles. The summed E-state index contributed by atoms with van der Waals surface area (Å²) < 4.78 is 5.52. The van der Waals surface area contributed by atoms with Crippen molar-refractivity contribution in [2.24, 2.45) is 5.41 Å². The third-order valence-corrected chi connectivity index (χ3v) is 4.04. The number of piperidine rings is 1. The Morgan fingerprint density at radius 3 is 2.79 bits per heavy atom. The van der Waals surface area contributed by atoms with Crippen LogP contribution in [0.1, 0.15) is 49.8 Å². The van der Waals surface area contributed by atoms with E-state index in [1.807, 2.05) is 33.8 Å². The molecule has 2 unspecified atom stereocenters. The molecule has 1 aromatic rings. The Balaban J connectivity index is 2.04. The highest BCUT2D eigenvalue weighted by molar-refractivity contribution is 5.83. The van der Waals surface area contributed by atoms with Gasteiger partial charge >= 0.3 is 0 Å². The lowest BCUT2D eigenvalue weighted by molar-refractivity contribution is -0.131. The fourth-order valence-corrected chi connectivity index (χ4v) is 2.78. The number of nitrogens with one attached hydrogen (secondary N) is 2. The monoisotopic (exact) mass is 264 g/mol. The van der Waals surface area contributed by atoms with Crippen LogP contribution in [0, 0.1) is 19.3 Å². The van der Waals surface area contributed by atoms with Crippen LogP contribution in [0.2, 0.25) is 0 Å². The lowest BCUT2D eigenvalue weighted by Crippen LogP contribution is -2.49. The van der Waals surface area contributed by atoms with Crippen molar-refractivity contribution in [3.05, 3.63) is 23.2 Å². The van der Waals surface area contributed by atoms with Crippen molar-refractivity contribution in [1.29, 1.82) is 0 Å². The fourth-order valence-electron chi connectivity index (χ4n) is 2.78. The summed E-state index contributed by atoms with van der Waals surface area (Å²) in [5, 5.41) is 6.43. The molecule has 0 aliphatic carbocycles. The van der Waals surface area contributed by atoms with Crippen LogP contribution in [0.4, 0.5) is 0 Å². The zero-order valence-corrected chi connectivity index (χ0v) is 12.3. The van der Waals surface area contributed by atoms with E-state index >= 15 is 0 Å². The smallest absolute Gasteiger partial charge is 0.227 e. The van der Waals surface area contributed by atoms with Crippen LogP contribution in [-0.4, -0.2) is 19.0 Å². The lowest BCUT2D eigenvalue weighted by atomic mass is 9.81. The number of furan rings is 1. The van der Waals surface area contributed by atoms with Gasteiger partial charge in [0.25, 0.3) is 0 Å². The Hall–Kier alpha value is -1.29. The minimum Gasteiger partial charge on any atom is -0.466 e. The van der Waals surface area contributed by atoms with Crippen molar-refractivity contribution in [2.75, 3.05) is 13.1 Å². The van der Waals surface area contributed by atoms with Crippen molar-refractivity contribution >= 4 is 5.91 Å². The minimum absolute atomic E-state index is 0.0105. The van der Waals surface area contributed by atoms with Crippen LogP contribution in [0.3, 0.4) is 0 Å². The fraction of sp³-hybridized carbons (Fsp3) is 0.667. The predicted octanol–water partition coefficient (Wildman–Crippen LogP) is 2.46. The van der Waals surface area contributed by atoms with E-state index in [1.54, 1.807) is 0 Å². The summed E-state index contributed by atoms with van der Waals surface area (Å²) in [7, 11) is 0. The maximum Gasteiger partial charge on any atom is 0.227 e. The van der Waals surface area contributed by atoms with E-state index in [0.29, 0.717) is 0 Å². The first-order valence-electron chi connectivity index (χ1n) is 7.01. The van der Waals surface area contributed by atoms with Gasteiger partial charge in [0.05, 0.1) is 11.5 Å². The van der Waals surface area contributed by atoms with E-state index < -0.39 is 0 Å². The Morgan fingerprint density at radius 2 is 2.26 bits per heavy atom.